The molecule has 0 aliphatic carbocycles. The van der Waals surface area contributed by atoms with Gasteiger partial charge in [0.05, 0.1) is 6.04 Å². The van der Waals surface area contributed by atoms with Crippen molar-refractivity contribution in [1.29, 1.82) is 0 Å². The highest BCUT2D eigenvalue weighted by Gasteiger charge is 2.12. The molecule has 0 saturated carbocycles. The molecule has 0 aliphatic rings. The van der Waals surface area contributed by atoms with E-state index in [-0.39, 0.29) is 6.04 Å². The van der Waals surface area contributed by atoms with Gasteiger partial charge in [-0.3, -0.25) is 0 Å². The summed E-state index contributed by atoms with van der Waals surface area (Å²) in [6, 6.07) is 17.5. The lowest BCUT2D eigenvalue weighted by atomic mass is 9.95. The van der Waals surface area contributed by atoms with E-state index in [0.29, 0.717) is 11.0 Å². The Hall–Kier alpha value is -1.87. The van der Waals surface area contributed by atoms with Crippen LogP contribution in [0.4, 0.5) is 5.69 Å². The molecule has 2 unspecified atom stereocenters. The summed E-state index contributed by atoms with van der Waals surface area (Å²) in [6.45, 7) is 8.84. The number of nitrogens with one attached hydrogen (secondary N) is 2. The van der Waals surface area contributed by atoms with Gasteiger partial charge >= 0.3 is 0 Å². The van der Waals surface area contributed by atoms with Crippen molar-refractivity contribution >= 4 is 23.0 Å². The molecule has 0 aromatic heterocycles. The van der Waals surface area contributed by atoms with Crippen LogP contribution in [0.25, 0.3) is 0 Å². The highest BCUT2D eigenvalue weighted by atomic mass is 32.1. The van der Waals surface area contributed by atoms with Crippen molar-refractivity contribution < 1.29 is 0 Å². The third-order valence-electron chi connectivity index (χ3n) is 4.88. The minimum atomic E-state index is 0.222. The van der Waals surface area contributed by atoms with Crippen LogP contribution in [0.15, 0.2) is 48.5 Å². The molecule has 0 spiro atoms. The Morgan fingerprint density at radius 1 is 0.920 bits per heavy atom. The van der Waals surface area contributed by atoms with Gasteiger partial charge in [-0.15, -0.1) is 0 Å². The number of para-hydroxylation sites is 1. The van der Waals surface area contributed by atoms with Gasteiger partial charge in [0.1, 0.15) is 0 Å². The molecule has 2 N–H and O–H groups in total. The number of anilines is 1. The number of aryl methyl sites for hydroxylation is 1. The van der Waals surface area contributed by atoms with Gasteiger partial charge in [0.25, 0.3) is 0 Å². The maximum absolute atomic E-state index is 5.55. The van der Waals surface area contributed by atoms with Crippen LogP contribution < -0.4 is 10.6 Å². The minimum absolute atomic E-state index is 0.222. The van der Waals surface area contributed by atoms with Crippen molar-refractivity contribution in [1.82, 2.24) is 5.32 Å². The first kappa shape index (κ1) is 19.5. The molecule has 0 aliphatic heterocycles. The molecule has 2 nitrogen and oxygen atoms in total. The molecule has 2 rings (SSSR count). The van der Waals surface area contributed by atoms with Crippen LogP contribution in [0.1, 0.15) is 69.2 Å². The number of rotatable bonds is 7. The first-order valence-electron chi connectivity index (χ1n) is 9.34. The van der Waals surface area contributed by atoms with Gasteiger partial charge in [-0.2, -0.15) is 0 Å². The summed E-state index contributed by atoms with van der Waals surface area (Å²) in [6.07, 6.45) is 3.14. The molecule has 0 heterocycles. The van der Waals surface area contributed by atoms with E-state index in [0.717, 1.165) is 18.5 Å². The molecule has 2 atom stereocenters. The lowest BCUT2D eigenvalue weighted by Gasteiger charge is -2.21. The second-order valence-corrected chi connectivity index (χ2v) is 6.95. The van der Waals surface area contributed by atoms with Gasteiger partial charge in [-0.05, 0) is 60.2 Å². The van der Waals surface area contributed by atoms with Crippen LogP contribution in [0.2, 0.25) is 0 Å². The predicted molar refractivity (Wildman–Crippen MR) is 113 cm³/mol. The average Bonchev–Trinajstić information content (AvgIpc) is 2.66. The van der Waals surface area contributed by atoms with E-state index in [9.17, 15) is 0 Å². The Bertz CT molecular complexity index is 679. The fraction of sp³-hybridized carbons (Fsp3) is 0.409. The molecule has 2 aromatic carbocycles. The topological polar surface area (TPSA) is 24.1 Å². The van der Waals surface area contributed by atoms with Gasteiger partial charge in [0.15, 0.2) is 5.11 Å². The van der Waals surface area contributed by atoms with Crippen molar-refractivity contribution in [2.45, 2.75) is 58.9 Å². The molecular formula is C22H30N2S. The average molecular weight is 355 g/mol. The lowest BCUT2D eigenvalue weighted by Crippen LogP contribution is -2.32. The Balaban J connectivity index is 2.04. The van der Waals surface area contributed by atoms with E-state index < -0.39 is 0 Å². The summed E-state index contributed by atoms with van der Waals surface area (Å²) in [4.78, 5) is 0. The summed E-state index contributed by atoms with van der Waals surface area (Å²) in [5, 5.41) is 7.50. The van der Waals surface area contributed by atoms with Gasteiger partial charge in [0, 0.05) is 5.69 Å². The molecule has 2 aromatic rings. The van der Waals surface area contributed by atoms with Crippen molar-refractivity contribution in [2.75, 3.05) is 5.32 Å². The second-order valence-electron chi connectivity index (χ2n) is 6.55. The van der Waals surface area contributed by atoms with Crippen LogP contribution in [-0.2, 0) is 6.42 Å². The van der Waals surface area contributed by atoms with Gasteiger partial charge < -0.3 is 10.6 Å². The van der Waals surface area contributed by atoms with E-state index in [1.54, 1.807) is 0 Å². The zero-order valence-corrected chi connectivity index (χ0v) is 16.6. The van der Waals surface area contributed by atoms with Crippen LogP contribution >= 0.6 is 12.2 Å². The van der Waals surface area contributed by atoms with Crippen molar-refractivity contribution in [3.05, 3.63) is 65.2 Å². The maximum atomic E-state index is 5.55. The van der Waals surface area contributed by atoms with E-state index in [4.69, 9.17) is 12.2 Å². The summed E-state index contributed by atoms with van der Waals surface area (Å²) in [5.41, 5.74) is 5.04. The second kappa shape index (κ2) is 9.57. The van der Waals surface area contributed by atoms with Crippen LogP contribution in [0.3, 0.4) is 0 Å². The van der Waals surface area contributed by atoms with Crippen LogP contribution in [-0.4, -0.2) is 5.11 Å². The summed E-state index contributed by atoms with van der Waals surface area (Å²) in [5.74, 6) is 0.607. The van der Waals surface area contributed by atoms with Gasteiger partial charge in [-0.25, -0.2) is 0 Å². The third kappa shape index (κ3) is 5.30. The normalized spacial score (nSPS) is 13.1. The van der Waals surface area contributed by atoms with Gasteiger partial charge in [-0.1, -0.05) is 70.2 Å². The van der Waals surface area contributed by atoms with E-state index in [1.165, 1.54) is 23.1 Å². The summed E-state index contributed by atoms with van der Waals surface area (Å²) in [7, 11) is 0. The smallest absolute Gasteiger partial charge is 0.171 e. The van der Waals surface area contributed by atoms with E-state index in [2.05, 4.69) is 80.8 Å². The molecule has 0 amide bonds. The first-order valence-corrected chi connectivity index (χ1v) is 9.75. The largest absolute Gasteiger partial charge is 0.356 e. The molecule has 0 fully saturated rings. The zero-order valence-electron chi connectivity index (χ0n) is 15.8. The third-order valence-corrected chi connectivity index (χ3v) is 5.10. The monoisotopic (exact) mass is 354 g/mol. The highest BCUT2D eigenvalue weighted by molar-refractivity contribution is 7.80. The maximum Gasteiger partial charge on any atom is 0.171 e. The Morgan fingerprint density at radius 2 is 1.56 bits per heavy atom. The molecule has 3 heteroatoms. The number of hydrogen-bond donors (Lipinski definition) is 2. The Morgan fingerprint density at radius 3 is 2.16 bits per heavy atom. The molecule has 0 radical (unpaired) electrons. The SMILES string of the molecule is CCc1ccccc1NC(=S)NC(CC)c1ccc(C(C)CC)cc1. The number of thiocarbonyl (C=S) groups is 1. The van der Waals surface area contributed by atoms with Gasteiger partial charge in [0.2, 0.25) is 0 Å². The molecule has 0 saturated heterocycles. The summed E-state index contributed by atoms with van der Waals surface area (Å²) < 4.78 is 0. The van der Waals surface area contributed by atoms with Crippen LogP contribution in [0.5, 0.6) is 0 Å². The van der Waals surface area contributed by atoms with Crippen LogP contribution in [0, 0.1) is 0 Å². The summed E-state index contributed by atoms with van der Waals surface area (Å²) >= 11 is 5.55. The molecular weight excluding hydrogens is 324 g/mol. The number of benzene rings is 2. The Kier molecular flexibility index (Phi) is 7.45. The van der Waals surface area contributed by atoms with E-state index in [1.807, 2.05) is 6.07 Å². The molecule has 25 heavy (non-hydrogen) atoms. The molecule has 0 bridgehead atoms. The van der Waals surface area contributed by atoms with Crippen molar-refractivity contribution in [3.63, 3.8) is 0 Å². The van der Waals surface area contributed by atoms with Crippen molar-refractivity contribution in [3.8, 4) is 0 Å². The van der Waals surface area contributed by atoms with E-state index >= 15 is 0 Å². The predicted octanol–water partition coefficient (Wildman–Crippen LogP) is 6.20. The first-order chi connectivity index (χ1) is 12.1. The number of hydrogen-bond acceptors (Lipinski definition) is 1. The fourth-order valence-corrected chi connectivity index (χ4v) is 3.23. The standard InChI is InChI=1S/C22H30N2S/c1-5-16(4)18-12-14-19(15-13-18)20(7-3)23-22(25)24-21-11-9-8-10-17(21)6-2/h8-16,20H,5-7H2,1-4H3,(H2,23,24,25). The fourth-order valence-electron chi connectivity index (χ4n) is 2.98. The zero-order chi connectivity index (χ0) is 18.2. The van der Waals surface area contributed by atoms with Crippen molar-refractivity contribution in [2.24, 2.45) is 0 Å². The lowest BCUT2D eigenvalue weighted by molar-refractivity contribution is 0.628. The Labute approximate surface area is 158 Å². The molecule has 134 valence electrons. The highest BCUT2D eigenvalue weighted by Crippen LogP contribution is 2.23. The quantitative estimate of drug-likeness (QED) is 0.579. The minimum Gasteiger partial charge on any atom is -0.356 e.